The fourth-order valence-corrected chi connectivity index (χ4v) is 0.959. The molecule has 0 saturated heterocycles. The molecule has 15 heavy (non-hydrogen) atoms. The molecule has 80 valence electrons. The first-order chi connectivity index (χ1) is 6.99. The lowest BCUT2D eigenvalue weighted by atomic mass is 10.2. The number of rotatable bonds is 4. The zero-order valence-corrected chi connectivity index (χ0v) is 7.44. The monoisotopic (exact) mass is 214 g/mol. The van der Waals surface area contributed by atoms with E-state index in [1.54, 1.807) is 0 Å². The van der Waals surface area contributed by atoms with Crippen molar-refractivity contribution in [2.45, 2.75) is 0 Å². The van der Waals surface area contributed by atoms with Crippen molar-refractivity contribution < 1.29 is 19.2 Å². The summed E-state index contributed by atoms with van der Waals surface area (Å²) in [7, 11) is 0. The summed E-state index contributed by atoms with van der Waals surface area (Å²) in [5.74, 6) is -1.93. The number of non-ortho nitro benzene ring substituents is 1. The second-order valence-electron chi connectivity index (χ2n) is 2.70. The summed E-state index contributed by atoms with van der Waals surface area (Å²) in [6.07, 6.45) is 0. The summed E-state index contributed by atoms with van der Waals surface area (Å²) in [5, 5.41) is 21.0. The summed E-state index contributed by atoms with van der Waals surface area (Å²) < 4.78 is 12.8. The van der Waals surface area contributed by atoms with Crippen LogP contribution in [-0.4, -0.2) is 22.5 Å². The highest BCUT2D eigenvalue weighted by Crippen LogP contribution is 2.19. The molecule has 6 nitrogen and oxygen atoms in total. The maximum Gasteiger partial charge on any atom is 0.322 e. The van der Waals surface area contributed by atoms with E-state index < -0.39 is 28.9 Å². The number of hydrogen-bond donors (Lipinski definition) is 2. The molecule has 1 aromatic rings. The Kier molecular flexibility index (Phi) is 3.17. The standard InChI is InChI=1S/C8H7FN2O4/c9-5-1-6(10-4-8(12)13)3-7(2-5)11(14)15/h1-3,10H,4H2,(H,12,13). The van der Waals surface area contributed by atoms with E-state index in [1.165, 1.54) is 0 Å². The number of aliphatic carboxylic acids is 1. The fraction of sp³-hybridized carbons (Fsp3) is 0.125. The Labute approximate surface area is 83.5 Å². The lowest BCUT2D eigenvalue weighted by molar-refractivity contribution is -0.385. The van der Waals surface area contributed by atoms with Crippen molar-refractivity contribution >= 4 is 17.3 Å². The van der Waals surface area contributed by atoms with Gasteiger partial charge in [0.25, 0.3) is 5.69 Å². The van der Waals surface area contributed by atoms with E-state index in [0.717, 1.165) is 18.2 Å². The normalized spacial score (nSPS) is 9.67. The van der Waals surface area contributed by atoms with E-state index in [0.29, 0.717) is 0 Å². The van der Waals surface area contributed by atoms with Gasteiger partial charge >= 0.3 is 5.97 Å². The lowest BCUT2D eigenvalue weighted by Gasteiger charge is -2.02. The topological polar surface area (TPSA) is 92.5 Å². The van der Waals surface area contributed by atoms with Crippen molar-refractivity contribution in [3.05, 3.63) is 34.1 Å². The highest BCUT2D eigenvalue weighted by molar-refractivity contribution is 5.73. The van der Waals surface area contributed by atoms with Crippen LogP contribution in [-0.2, 0) is 4.79 Å². The van der Waals surface area contributed by atoms with Gasteiger partial charge in [-0.3, -0.25) is 14.9 Å². The van der Waals surface area contributed by atoms with Gasteiger partial charge in [0, 0.05) is 11.8 Å². The molecule has 0 heterocycles. The van der Waals surface area contributed by atoms with Crippen LogP contribution >= 0.6 is 0 Å². The number of carboxylic acids is 1. The van der Waals surface area contributed by atoms with Gasteiger partial charge in [0.2, 0.25) is 0 Å². The molecule has 0 aliphatic heterocycles. The second kappa shape index (κ2) is 4.36. The minimum atomic E-state index is -1.14. The molecule has 1 rings (SSSR count). The van der Waals surface area contributed by atoms with Crippen LogP contribution in [0.4, 0.5) is 15.8 Å². The van der Waals surface area contributed by atoms with Gasteiger partial charge in [0.1, 0.15) is 12.4 Å². The number of carboxylic acid groups (broad SMARTS) is 1. The molecular weight excluding hydrogens is 207 g/mol. The Bertz CT molecular complexity index is 408. The molecule has 0 saturated carbocycles. The number of nitro benzene ring substituents is 1. The summed E-state index contributed by atoms with van der Waals surface area (Å²) in [4.78, 5) is 19.8. The van der Waals surface area contributed by atoms with E-state index in [1.807, 2.05) is 0 Å². The summed E-state index contributed by atoms with van der Waals surface area (Å²) >= 11 is 0. The third kappa shape index (κ3) is 3.22. The van der Waals surface area contributed by atoms with Gasteiger partial charge in [-0.2, -0.15) is 0 Å². The molecule has 0 bridgehead atoms. The van der Waals surface area contributed by atoms with E-state index in [2.05, 4.69) is 5.32 Å². The third-order valence-electron chi connectivity index (χ3n) is 1.54. The Morgan fingerprint density at radius 1 is 1.53 bits per heavy atom. The average Bonchev–Trinajstić information content (AvgIpc) is 2.13. The quantitative estimate of drug-likeness (QED) is 0.580. The van der Waals surface area contributed by atoms with Crippen molar-refractivity contribution in [3.63, 3.8) is 0 Å². The van der Waals surface area contributed by atoms with Crippen molar-refractivity contribution in [1.29, 1.82) is 0 Å². The molecule has 2 N–H and O–H groups in total. The molecule has 0 atom stereocenters. The highest BCUT2D eigenvalue weighted by Gasteiger charge is 2.09. The van der Waals surface area contributed by atoms with Gasteiger partial charge in [-0.1, -0.05) is 0 Å². The van der Waals surface area contributed by atoms with Crippen LogP contribution in [0.25, 0.3) is 0 Å². The number of anilines is 1. The lowest BCUT2D eigenvalue weighted by Crippen LogP contribution is -2.12. The molecule has 7 heteroatoms. The van der Waals surface area contributed by atoms with Crippen LogP contribution in [0, 0.1) is 15.9 Å². The summed E-state index contributed by atoms with van der Waals surface area (Å²) in [5.41, 5.74) is -0.369. The van der Waals surface area contributed by atoms with Gasteiger partial charge in [0.15, 0.2) is 0 Å². The summed E-state index contributed by atoms with van der Waals surface area (Å²) in [6.45, 7) is -0.430. The minimum Gasteiger partial charge on any atom is -0.480 e. The third-order valence-corrected chi connectivity index (χ3v) is 1.54. The van der Waals surface area contributed by atoms with Gasteiger partial charge in [-0.25, -0.2) is 4.39 Å². The molecule has 0 amide bonds. The maximum atomic E-state index is 12.8. The number of halogens is 1. The smallest absolute Gasteiger partial charge is 0.322 e. The van der Waals surface area contributed by atoms with Crippen molar-refractivity contribution in [3.8, 4) is 0 Å². The van der Waals surface area contributed by atoms with Gasteiger partial charge in [0.05, 0.1) is 11.0 Å². The van der Waals surface area contributed by atoms with Gasteiger partial charge < -0.3 is 10.4 Å². The fourth-order valence-electron chi connectivity index (χ4n) is 0.959. The van der Waals surface area contributed by atoms with Crippen LogP contribution in [0.5, 0.6) is 0 Å². The predicted molar refractivity (Wildman–Crippen MR) is 49.2 cm³/mol. The molecular formula is C8H7FN2O4. The SMILES string of the molecule is O=C(O)CNc1cc(F)cc([N+](=O)[O-])c1. The molecule has 0 spiro atoms. The number of benzene rings is 1. The van der Waals surface area contributed by atoms with Crippen LogP contribution < -0.4 is 5.32 Å². The average molecular weight is 214 g/mol. The van der Waals surface area contributed by atoms with E-state index >= 15 is 0 Å². The van der Waals surface area contributed by atoms with Crippen molar-refractivity contribution in [2.24, 2.45) is 0 Å². The van der Waals surface area contributed by atoms with Crippen molar-refractivity contribution in [2.75, 3.05) is 11.9 Å². The van der Waals surface area contributed by atoms with Crippen molar-refractivity contribution in [1.82, 2.24) is 0 Å². The van der Waals surface area contributed by atoms with Crippen LogP contribution in [0.3, 0.4) is 0 Å². The largest absolute Gasteiger partial charge is 0.480 e. The van der Waals surface area contributed by atoms with Gasteiger partial charge in [-0.05, 0) is 6.07 Å². The maximum absolute atomic E-state index is 12.8. The Hall–Kier alpha value is -2.18. The highest BCUT2D eigenvalue weighted by atomic mass is 19.1. The molecule has 0 radical (unpaired) electrons. The number of hydrogen-bond acceptors (Lipinski definition) is 4. The Morgan fingerprint density at radius 2 is 2.20 bits per heavy atom. The zero-order chi connectivity index (χ0) is 11.4. The Balaban J connectivity index is 2.88. The number of carbonyl (C=O) groups is 1. The zero-order valence-electron chi connectivity index (χ0n) is 7.44. The predicted octanol–water partition coefficient (Wildman–Crippen LogP) is 1.23. The second-order valence-corrected chi connectivity index (χ2v) is 2.70. The Morgan fingerprint density at radius 3 is 2.73 bits per heavy atom. The van der Waals surface area contributed by atoms with Crippen LogP contribution in [0.15, 0.2) is 18.2 Å². The molecule has 0 aliphatic rings. The molecule has 1 aromatic carbocycles. The van der Waals surface area contributed by atoms with Gasteiger partial charge in [-0.15, -0.1) is 0 Å². The molecule has 0 aliphatic carbocycles. The molecule has 0 aromatic heterocycles. The van der Waals surface area contributed by atoms with Crippen LogP contribution in [0.2, 0.25) is 0 Å². The first-order valence-electron chi connectivity index (χ1n) is 3.89. The molecule has 0 unspecified atom stereocenters. The summed E-state index contributed by atoms with van der Waals surface area (Å²) in [6, 6.07) is 2.80. The first-order valence-corrected chi connectivity index (χ1v) is 3.89. The number of nitrogens with zero attached hydrogens (tertiary/aromatic N) is 1. The first kappa shape index (κ1) is 10.9. The minimum absolute atomic E-state index is 0.0594. The van der Waals surface area contributed by atoms with E-state index in [4.69, 9.17) is 5.11 Å². The van der Waals surface area contributed by atoms with E-state index in [-0.39, 0.29) is 5.69 Å². The number of nitrogens with one attached hydrogen (secondary N) is 1. The van der Waals surface area contributed by atoms with Crippen LogP contribution in [0.1, 0.15) is 0 Å². The molecule has 0 fully saturated rings. The number of nitro groups is 1. The van der Waals surface area contributed by atoms with E-state index in [9.17, 15) is 19.3 Å².